The Hall–Kier alpha value is -2.49. The molecule has 0 aromatic heterocycles. The topological polar surface area (TPSA) is 88.2 Å². The van der Waals surface area contributed by atoms with Crippen molar-refractivity contribution >= 4 is 39.1 Å². The third-order valence-corrected chi connectivity index (χ3v) is 6.94. The van der Waals surface area contributed by atoms with Gasteiger partial charge < -0.3 is 14.4 Å². The average molecular weight is 468 g/mol. The monoisotopic (exact) mass is 467 g/mol. The van der Waals surface area contributed by atoms with E-state index in [1.165, 1.54) is 16.4 Å². The number of ether oxygens (including phenoxy) is 2. The summed E-state index contributed by atoms with van der Waals surface area (Å²) in [5.41, 5.74) is 1.21. The molecule has 0 bridgehead atoms. The highest BCUT2D eigenvalue weighted by Gasteiger charge is 2.29. The number of nitrogens with zero attached hydrogens (tertiary/aromatic N) is 2. The van der Waals surface area contributed by atoms with Crippen molar-refractivity contribution in [3.05, 3.63) is 47.5 Å². The second-order valence-corrected chi connectivity index (χ2v) is 9.18. The first-order valence-electron chi connectivity index (χ1n) is 10.1. The summed E-state index contributed by atoms with van der Waals surface area (Å²) < 4.78 is 38.3. The van der Waals surface area contributed by atoms with E-state index in [4.69, 9.17) is 21.1 Å². The second kappa shape index (κ2) is 10.2. The SMILES string of the molecule is CCOC(=O)Nc1cc(S(=O)(=O)N2CCN(c3cccc(Cl)c3)CC2)ccc1OCC. The zero-order chi connectivity index (χ0) is 22.4. The lowest BCUT2D eigenvalue weighted by Crippen LogP contribution is -2.48. The largest absolute Gasteiger partial charge is 0.492 e. The molecule has 0 radical (unpaired) electrons. The molecule has 1 aliphatic heterocycles. The Morgan fingerprint density at radius 3 is 2.45 bits per heavy atom. The number of nitrogens with one attached hydrogen (secondary N) is 1. The van der Waals surface area contributed by atoms with Gasteiger partial charge in [-0.2, -0.15) is 4.31 Å². The fourth-order valence-corrected chi connectivity index (χ4v) is 4.97. The van der Waals surface area contributed by atoms with E-state index < -0.39 is 16.1 Å². The average Bonchev–Trinajstić information content (AvgIpc) is 2.75. The van der Waals surface area contributed by atoms with E-state index in [0.717, 1.165) is 5.69 Å². The van der Waals surface area contributed by atoms with Crippen LogP contribution in [-0.2, 0) is 14.8 Å². The van der Waals surface area contributed by atoms with Crippen LogP contribution in [0.2, 0.25) is 5.02 Å². The van der Waals surface area contributed by atoms with Gasteiger partial charge in [0.25, 0.3) is 0 Å². The normalized spacial score (nSPS) is 14.9. The van der Waals surface area contributed by atoms with Gasteiger partial charge in [0.2, 0.25) is 10.0 Å². The van der Waals surface area contributed by atoms with E-state index in [1.54, 1.807) is 26.0 Å². The lowest BCUT2D eigenvalue weighted by molar-refractivity contribution is 0.167. The van der Waals surface area contributed by atoms with Gasteiger partial charge >= 0.3 is 6.09 Å². The summed E-state index contributed by atoms with van der Waals surface area (Å²) in [6.07, 6.45) is -0.673. The van der Waals surface area contributed by atoms with E-state index in [2.05, 4.69) is 10.2 Å². The predicted octanol–water partition coefficient (Wildman–Crippen LogP) is 3.82. The molecule has 1 saturated heterocycles. The molecule has 2 aromatic carbocycles. The third-order valence-electron chi connectivity index (χ3n) is 4.81. The lowest BCUT2D eigenvalue weighted by atomic mass is 10.2. The summed E-state index contributed by atoms with van der Waals surface area (Å²) in [4.78, 5) is 14.0. The van der Waals surface area contributed by atoms with Crippen molar-refractivity contribution in [2.24, 2.45) is 0 Å². The Morgan fingerprint density at radius 2 is 1.81 bits per heavy atom. The molecular weight excluding hydrogens is 442 g/mol. The summed E-state index contributed by atoms with van der Waals surface area (Å²) >= 11 is 6.07. The Balaban J connectivity index is 1.77. The quantitative estimate of drug-likeness (QED) is 0.666. The zero-order valence-corrected chi connectivity index (χ0v) is 19.1. The van der Waals surface area contributed by atoms with E-state index in [1.807, 2.05) is 18.2 Å². The van der Waals surface area contributed by atoms with Crippen molar-refractivity contribution in [1.29, 1.82) is 0 Å². The molecule has 8 nitrogen and oxygen atoms in total. The molecule has 0 spiro atoms. The minimum Gasteiger partial charge on any atom is -0.492 e. The van der Waals surface area contributed by atoms with Crippen molar-refractivity contribution in [1.82, 2.24) is 4.31 Å². The number of carbonyl (C=O) groups is 1. The Labute approximate surface area is 187 Å². The van der Waals surface area contributed by atoms with E-state index >= 15 is 0 Å². The standard InChI is InChI=1S/C21H26ClN3O5S/c1-3-29-20-9-8-18(15-19(20)23-21(26)30-4-2)31(27,28)25-12-10-24(11-13-25)17-7-5-6-16(22)14-17/h5-9,14-15H,3-4,10-13H2,1-2H3,(H,23,26). The summed E-state index contributed by atoms with van der Waals surface area (Å²) in [7, 11) is -3.75. The van der Waals surface area contributed by atoms with Crippen LogP contribution in [0.15, 0.2) is 47.4 Å². The Morgan fingerprint density at radius 1 is 1.06 bits per heavy atom. The van der Waals surface area contributed by atoms with Crippen LogP contribution < -0.4 is 15.0 Å². The number of halogens is 1. The minimum atomic E-state index is -3.75. The molecule has 31 heavy (non-hydrogen) atoms. The maximum absolute atomic E-state index is 13.2. The number of amides is 1. The third kappa shape index (κ3) is 5.61. The van der Waals surface area contributed by atoms with Gasteiger partial charge in [0.1, 0.15) is 5.75 Å². The summed E-state index contributed by atoms with van der Waals surface area (Å²) in [6, 6.07) is 11.9. The predicted molar refractivity (Wildman–Crippen MR) is 121 cm³/mol. The van der Waals surface area contributed by atoms with Crippen LogP contribution in [-0.4, -0.2) is 58.2 Å². The van der Waals surface area contributed by atoms with Crippen molar-refractivity contribution < 1.29 is 22.7 Å². The van der Waals surface area contributed by atoms with Gasteiger partial charge in [-0.3, -0.25) is 5.32 Å². The van der Waals surface area contributed by atoms with Crippen molar-refractivity contribution in [2.75, 3.05) is 49.6 Å². The molecule has 2 aromatic rings. The van der Waals surface area contributed by atoms with Crippen LogP contribution in [0, 0.1) is 0 Å². The highest BCUT2D eigenvalue weighted by Crippen LogP contribution is 2.30. The first kappa shape index (κ1) is 23.2. The molecule has 0 unspecified atom stereocenters. The van der Waals surface area contributed by atoms with Gasteiger partial charge in [-0.1, -0.05) is 17.7 Å². The molecule has 0 aliphatic carbocycles. The van der Waals surface area contributed by atoms with Gasteiger partial charge in [-0.15, -0.1) is 0 Å². The van der Waals surface area contributed by atoms with Crippen LogP contribution in [0.25, 0.3) is 0 Å². The van der Waals surface area contributed by atoms with Crippen molar-refractivity contribution in [3.8, 4) is 5.75 Å². The number of anilines is 2. The molecule has 0 atom stereocenters. The van der Waals surface area contributed by atoms with Crippen molar-refractivity contribution in [2.45, 2.75) is 18.7 Å². The maximum atomic E-state index is 13.2. The lowest BCUT2D eigenvalue weighted by Gasteiger charge is -2.35. The van der Waals surface area contributed by atoms with E-state index in [-0.39, 0.29) is 17.2 Å². The molecule has 1 amide bonds. The highest BCUT2D eigenvalue weighted by atomic mass is 35.5. The summed E-state index contributed by atoms with van der Waals surface area (Å²) in [5.74, 6) is 0.375. The zero-order valence-electron chi connectivity index (χ0n) is 17.5. The molecule has 1 heterocycles. The van der Waals surface area contributed by atoms with Crippen LogP contribution >= 0.6 is 11.6 Å². The number of rotatable bonds is 7. The fourth-order valence-electron chi connectivity index (χ4n) is 3.33. The molecule has 0 saturated carbocycles. The van der Waals surface area contributed by atoms with Crippen LogP contribution in [0.1, 0.15) is 13.8 Å². The summed E-state index contributed by atoms with van der Waals surface area (Å²) in [6.45, 7) is 5.82. The molecule has 1 N–H and O–H groups in total. The number of piperazine rings is 1. The molecular formula is C21H26ClN3O5S. The Kier molecular flexibility index (Phi) is 7.64. The highest BCUT2D eigenvalue weighted by molar-refractivity contribution is 7.89. The molecule has 168 valence electrons. The van der Waals surface area contributed by atoms with Gasteiger partial charge in [-0.25, -0.2) is 13.2 Å². The van der Waals surface area contributed by atoms with E-state index in [0.29, 0.717) is 43.6 Å². The number of sulfonamides is 1. The maximum Gasteiger partial charge on any atom is 0.411 e. The number of benzene rings is 2. The minimum absolute atomic E-state index is 0.0824. The Bertz CT molecular complexity index is 1020. The molecule has 3 rings (SSSR count). The van der Waals surface area contributed by atoms with Gasteiger partial charge in [-0.05, 0) is 50.2 Å². The molecule has 10 heteroatoms. The first-order chi connectivity index (χ1) is 14.8. The number of hydrogen-bond donors (Lipinski definition) is 1. The number of hydrogen-bond acceptors (Lipinski definition) is 6. The fraction of sp³-hybridized carbons (Fsp3) is 0.381. The molecule has 1 fully saturated rings. The van der Waals surface area contributed by atoms with E-state index in [9.17, 15) is 13.2 Å². The van der Waals surface area contributed by atoms with Crippen LogP contribution in [0.3, 0.4) is 0 Å². The van der Waals surface area contributed by atoms with Crippen LogP contribution in [0.5, 0.6) is 5.75 Å². The van der Waals surface area contributed by atoms with Gasteiger partial charge in [0, 0.05) is 36.9 Å². The van der Waals surface area contributed by atoms with Crippen molar-refractivity contribution in [3.63, 3.8) is 0 Å². The first-order valence-corrected chi connectivity index (χ1v) is 11.9. The van der Waals surface area contributed by atoms with Crippen LogP contribution in [0.4, 0.5) is 16.2 Å². The smallest absolute Gasteiger partial charge is 0.411 e. The summed E-state index contributed by atoms with van der Waals surface area (Å²) in [5, 5.41) is 3.20. The second-order valence-electron chi connectivity index (χ2n) is 6.81. The molecule has 1 aliphatic rings. The van der Waals surface area contributed by atoms with Gasteiger partial charge in [0.05, 0.1) is 23.8 Å². The number of carbonyl (C=O) groups excluding carboxylic acids is 1. The van der Waals surface area contributed by atoms with Gasteiger partial charge in [0.15, 0.2) is 0 Å².